The molecule has 0 saturated carbocycles. The summed E-state index contributed by atoms with van der Waals surface area (Å²) in [4.78, 5) is 19.0. The molecule has 0 fully saturated rings. The van der Waals surface area contributed by atoms with E-state index in [1.54, 1.807) is 0 Å². The Balaban J connectivity index is 3.12. The molecule has 0 aromatic carbocycles. The van der Waals surface area contributed by atoms with Crippen LogP contribution in [0.3, 0.4) is 0 Å². The van der Waals surface area contributed by atoms with Crippen molar-refractivity contribution in [2.45, 2.75) is 12.1 Å². The van der Waals surface area contributed by atoms with Gasteiger partial charge in [0.25, 0.3) is 11.4 Å². The van der Waals surface area contributed by atoms with E-state index in [-0.39, 0.29) is 6.42 Å². The lowest BCUT2D eigenvalue weighted by molar-refractivity contribution is -0.451. The summed E-state index contributed by atoms with van der Waals surface area (Å²) in [6.07, 6.45) is 1.34. The highest BCUT2D eigenvalue weighted by Crippen LogP contribution is 2.24. The summed E-state index contributed by atoms with van der Waals surface area (Å²) in [6, 6.07) is 0. The van der Waals surface area contributed by atoms with E-state index in [4.69, 9.17) is 5.73 Å². The molecule has 0 spiro atoms. The van der Waals surface area contributed by atoms with E-state index in [9.17, 15) is 25.3 Å². The number of nitro groups is 2. The van der Waals surface area contributed by atoms with Crippen LogP contribution in [0.2, 0.25) is 0 Å². The van der Waals surface area contributed by atoms with Crippen molar-refractivity contribution >= 4 is 0 Å². The Kier molecular flexibility index (Phi) is 2.32. The zero-order valence-corrected chi connectivity index (χ0v) is 6.91. The molecular weight excluding hydrogens is 194 g/mol. The average Bonchev–Trinajstić information content (AvgIpc) is 2.02. The molecule has 1 rings (SSSR count). The number of allylic oxidation sites excluding steroid dienone is 1. The predicted octanol–water partition coefficient (Wildman–Crippen LogP) is -0.641. The lowest BCUT2D eigenvalue weighted by Gasteiger charge is -2.19. The molecule has 0 saturated heterocycles. The molecule has 0 amide bonds. The summed E-state index contributed by atoms with van der Waals surface area (Å²) in [5, 5.41) is 30.0. The standard InChI is InChI=1S/C6H7N3O5/c7-6(10)2-1-4(8(11)12)3-5(6)9(13)14/h1,3,10H,2,7H2. The van der Waals surface area contributed by atoms with Gasteiger partial charge < -0.3 is 5.11 Å². The van der Waals surface area contributed by atoms with Crippen molar-refractivity contribution in [1.82, 2.24) is 0 Å². The fraction of sp³-hybridized carbons (Fsp3) is 0.333. The summed E-state index contributed by atoms with van der Waals surface area (Å²) in [6.45, 7) is 0. The summed E-state index contributed by atoms with van der Waals surface area (Å²) in [5.74, 6) is 0. The maximum absolute atomic E-state index is 10.4. The molecule has 8 nitrogen and oxygen atoms in total. The van der Waals surface area contributed by atoms with Crippen LogP contribution in [0.4, 0.5) is 0 Å². The Hall–Kier alpha value is -1.80. The SMILES string of the molecule is NC1(O)CC=C([N+](=O)[O-])C=C1[N+](=O)[O-]. The molecule has 1 atom stereocenters. The number of nitrogens with zero attached hydrogens (tertiary/aromatic N) is 2. The molecular formula is C6H7N3O5. The van der Waals surface area contributed by atoms with Gasteiger partial charge in [0.1, 0.15) is 0 Å². The lowest BCUT2D eigenvalue weighted by Crippen LogP contribution is -2.45. The smallest absolute Gasteiger partial charge is 0.299 e. The molecule has 3 N–H and O–H groups in total. The highest BCUT2D eigenvalue weighted by Gasteiger charge is 2.40. The fourth-order valence-corrected chi connectivity index (χ4v) is 1.03. The topological polar surface area (TPSA) is 133 Å². The van der Waals surface area contributed by atoms with Gasteiger partial charge in [0.05, 0.1) is 15.9 Å². The molecule has 1 aliphatic carbocycles. The summed E-state index contributed by atoms with van der Waals surface area (Å²) < 4.78 is 0. The van der Waals surface area contributed by atoms with Gasteiger partial charge in [0.2, 0.25) is 5.72 Å². The normalized spacial score (nSPS) is 26.4. The molecule has 0 aromatic heterocycles. The van der Waals surface area contributed by atoms with Crippen LogP contribution in [0.25, 0.3) is 0 Å². The molecule has 0 bridgehead atoms. The van der Waals surface area contributed by atoms with Gasteiger partial charge in [-0.2, -0.15) is 0 Å². The lowest BCUT2D eigenvalue weighted by atomic mass is 10.0. The summed E-state index contributed by atoms with van der Waals surface area (Å²) in [7, 11) is 0. The first-order valence-electron chi connectivity index (χ1n) is 3.57. The van der Waals surface area contributed by atoms with E-state index in [0.29, 0.717) is 6.08 Å². The Morgan fingerprint density at radius 3 is 2.43 bits per heavy atom. The van der Waals surface area contributed by atoms with Gasteiger partial charge in [-0.1, -0.05) is 0 Å². The van der Waals surface area contributed by atoms with Gasteiger partial charge in [-0.3, -0.25) is 26.0 Å². The molecule has 14 heavy (non-hydrogen) atoms. The van der Waals surface area contributed by atoms with Crippen LogP contribution >= 0.6 is 0 Å². The molecule has 8 heteroatoms. The van der Waals surface area contributed by atoms with Gasteiger partial charge in [-0.05, 0) is 6.08 Å². The molecule has 0 aliphatic heterocycles. The predicted molar refractivity (Wildman–Crippen MR) is 43.9 cm³/mol. The molecule has 76 valence electrons. The summed E-state index contributed by atoms with van der Waals surface area (Å²) in [5.41, 5.74) is 1.82. The average molecular weight is 201 g/mol. The Morgan fingerprint density at radius 2 is 2.00 bits per heavy atom. The van der Waals surface area contributed by atoms with E-state index in [2.05, 4.69) is 0 Å². The molecule has 1 unspecified atom stereocenters. The van der Waals surface area contributed by atoms with Gasteiger partial charge >= 0.3 is 0 Å². The van der Waals surface area contributed by atoms with Crippen LogP contribution in [0, 0.1) is 20.2 Å². The van der Waals surface area contributed by atoms with Crippen molar-refractivity contribution in [1.29, 1.82) is 0 Å². The largest absolute Gasteiger partial charge is 0.366 e. The van der Waals surface area contributed by atoms with Crippen LogP contribution < -0.4 is 5.73 Å². The molecule has 1 aliphatic rings. The third-order valence-corrected chi connectivity index (χ3v) is 1.76. The van der Waals surface area contributed by atoms with Crippen LogP contribution in [-0.2, 0) is 0 Å². The molecule has 0 aromatic rings. The van der Waals surface area contributed by atoms with Crippen LogP contribution in [0.15, 0.2) is 23.5 Å². The van der Waals surface area contributed by atoms with Crippen molar-refractivity contribution in [3.05, 3.63) is 43.8 Å². The maximum atomic E-state index is 10.4. The fourth-order valence-electron chi connectivity index (χ4n) is 1.03. The quantitative estimate of drug-likeness (QED) is 0.346. The first-order valence-corrected chi connectivity index (χ1v) is 3.57. The second-order valence-corrected chi connectivity index (χ2v) is 2.80. The zero-order chi connectivity index (χ0) is 10.9. The van der Waals surface area contributed by atoms with E-state index in [0.717, 1.165) is 6.08 Å². The highest BCUT2D eigenvalue weighted by atomic mass is 16.6. The number of nitrogens with two attached hydrogens (primary N) is 1. The van der Waals surface area contributed by atoms with Crippen molar-refractivity contribution in [2.24, 2.45) is 5.73 Å². The zero-order valence-electron chi connectivity index (χ0n) is 6.91. The molecule has 0 radical (unpaired) electrons. The Bertz CT molecular complexity index is 356. The first kappa shape index (κ1) is 10.3. The van der Waals surface area contributed by atoms with Crippen molar-refractivity contribution in [3.8, 4) is 0 Å². The van der Waals surface area contributed by atoms with Gasteiger partial charge in [-0.25, -0.2) is 0 Å². The van der Waals surface area contributed by atoms with Gasteiger partial charge in [0.15, 0.2) is 0 Å². The number of hydrogen-bond donors (Lipinski definition) is 2. The van der Waals surface area contributed by atoms with E-state index in [1.807, 2.05) is 0 Å². The van der Waals surface area contributed by atoms with E-state index >= 15 is 0 Å². The Morgan fingerprint density at radius 1 is 1.43 bits per heavy atom. The van der Waals surface area contributed by atoms with Crippen molar-refractivity contribution < 1.29 is 15.0 Å². The highest BCUT2D eigenvalue weighted by molar-refractivity contribution is 5.25. The molecule has 0 heterocycles. The maximum Gasteiger partial charge on any atom is 0.299 e. The van der Waals surface area contributed by atoms with Crippen molar-refractivity contribution in [3.63, 3.8) is 0 Å². The minimum Gasteiger partial charge on any atom is -0.366 e. The minimum absolute atomic E-state index is 0.351. The Labute approximate surface area is 77.6 Å². The third-order valence-electron chi connectivity index (χ3n) is 1.76. The van der Waals surface area contributed by atoms with Crippen LogP contribution in [-0.4, -0.2) is 20.7 Å². The third kappa shape index (κ3) is 1.75. The first-order chi connectivity index (χ1) is 6.34. The summed E-state index contributed by atoms with van der Waals surface area (Å²) >= 11 is 0. The van der Waals surface area contributed by atoms with Crippen molar-refractivity contribution in [2.75, 3.05) is 0 Å². The van der Waals surface area contributed by atoms with Gasteiger partial charge in [-0.15, -0.1) is 0 Å². The monoisotopic (exact) mass is 201 g/mol. The van der Waals surface area contributed by atoms with Crippen LogP contribution in [0.5, 0.6) is 0 Å². The van der Waals surface area contributed by atoms with E-state index in [1.165, 1.54) is 0 Å². The second-order valence-electron chi connectivity index (χ2n) is 2.80. The number of hydrogen-bond acceptors (Lipinski definition) is 6. The minimum atomic E-state index is -2.14. The second kappa shape index (κ2) is 3.16. The van der Waals surface area contributed by atoms with Crippen LogP contribution in [0.1, 0.15) is 6.42 Å². The van der Waals surface area contributed by atoms with Gasteiger partial charge in [0, 0.05) is 6.42 Å². The number of rotatable bonds is 2. The van der Waals surface area contributed by atoms with E-state index < -0.39 is 27.0 Å². The number of aliphatic hydroxyl groups is 1.